The third-order valence-corrected chi connectivity index (χ3v) is 4.98. The minimum atomic E-state index is -1.55. The monoisotopic (exact) mass is 359 g/mol. The van der Waals surface area contributed by atoms with Gasteiger partial charge in [0.2, 0.25) is 0 Å². The summed E-state index contributed by atoms with van der Waals surface area (Å²) in [6.07, 6.45) is 21.2. The second-order valence-corrected chi connectivity index (χ2v) is 7.63. The highest BCUT2D eigenvalue weighted by Crippen LogP contribution is 2.17. The number of carbonyl (C=O) groups is 1. The predicted octanol–water partition coefficient (Wildman–Crippen LogP) is 6.64. The van der Waals surface area contributed by atoms with E-state index in [2.05, 4.69) is 6.92 Å². The maximum atomic E-state index is 10.8. The van der Waals surface area contributed by atoms with E-state index in [4.69, 9.17) is 5.11 Å². The van der Waals surface area contributed by atoms with Gasteiger partial charge in [0.1, 0.15) is 0 Å². The molecule has 4 nitrogen and oxygen atoms in total. The molecule has 0 aromatic heterocycles. The van der Waals surface area contributed by atoms with E-state index >= 15 is 0 Å². The van der Waals surface area contributed by atoms with Crippen molar-refractivity contribution in [3.63, 3.8) is 0 Å². The molecule has 0 amide bonds. The van der Waals surface area contributed by atoms with Crippen molar-refractivity contribution >= 4 is 5.97 Å². The van der Waals surface area contributed by atoms with Crippen molar-refractivity contribution in [1.82, 2.24) is 6.15 Å². The SMILES string of the molecule is CCCCCCCCCCCCCCCCCCC(C)(O)C(=O)O.N. The number of aliphatic hydroxyl groups is 1. The van der Waals surface area contributed by atoms with Crippen LogP contribution in [0.1, 0.15) is 123 Å². The maximum Gasteiger partial charge on any atom is 0.335 e. The molecule has 0 saturated carbocycles. The number of hydrogen-bond donors (Lipinski definition) is 3. The quantitative estimate of drug-likeness (QED) is 0.239. The predicted molar refractivity (Wildman–Crippen MR) is 107 cm³/mol. The van der Waals surface area contributed by atoms with E-state index in [-0.39, 0.29) is 6.15 Å². The lowest BCUT2D eigenvalue weighted by Crippen LogP contribution is -2.34. The fourth-order valence-corrected chi connectivity index (χ4v) is 3.12. The van der Waals surface area contributed by atoms with Gasteiger partial charge in [-0.3, -0.25) is 0 Å². The lowest BCUT2D eigenvalue weighted by molar-refractivity contribution is -0.157. The molecule has 0 radical (unpaired) electrons. The number of carboxylic acids is 1. The van der Waals surface area contributed by atoms with Crippen molar-refractivity contribution in [3.05, 3.63) is 0 Å². The summed E-state index contributed by atoms with van der Waals surface area (Å²) in [5, 5.41) is 18.4. The summed E-state index contributed by atoms with van der Waals surface area (Å²) in [6.45, 7) is 3.66. The molecule has 0 bridgehead atoms. The molecule has 0 rings (SSSR count). The standard InChI is InChI=1S/C21H42O3.H3N/c1-3-4-5-6-7-8-9-10-11-12-13-14-15-16-17-18-19-21(2,24)20(22)23;/h24H,3-19H2,1-2H3,(H,22,23);1H3. The second-order valence-electron chi connectivity index (χ2n) is 7.63. The minimum absolute atomic E-state index is 0. The fraction of sp³-hybridized carbons (Fsp3) is 0.952. The molecule has 0 aliphatic rings. The van der Waals surface area contributed by atoms with Gasteiger partial charge >= 0.3 is 5.97 Å². The molecule has 0 aliphatic heterocycles. The van der Waals surface area contributed by atoms with Crippen LogP contribution in [0.3, 0.4) is 0 Å². The van der Waals surface area contributed by atoms with Crippen LogP contribution in [-0.2, 0) is 4.79 Å². The molecule has 1 unspecified atom stereocenters. The second kappa shape index (κ2) is 18.2. The molecule has 0 saturated heterocycles. The third kappa shape index (κ3) is 18.0. The number of aliphatic carboxylic acids is 1. The Hall–Kier alpha value is -0.610. The van der Waals surface area contributed by atoms with Crippen LogP contribution in [0.4, 0.5) is 0 Å². The molecule has 5 N–H and O–H groups in total. The molecular weight excluding hydrogens is 314 g/mol. The van der Waals surface area contributed by atoms with Gasteiger partial charge in [-0.15, -0.1) is 0 Å². The van der Waals surface area contributed by atoms with Crippen molar-refractivity contribution in [1.29, 1.82) is 0 Å². The number of rotatable bonds is 18. The highest BCUT2D eigenvalue weighted by molar-refractivity contribution is 5.76. The smallest absolute Gasteiger partial charge is 0.335 e. The molecule has 4 heteroatoms. The largest absolute Gasteiger partial charge is 0.479 e. The average Bonchev–Trinajstić information content (AvgIpc) is 2.54. The van der Waals surface area contributed by atoms with Crippen molar-refractivity contribution in [2.75, 3.05) is 0 Å². The van der Waals surface area contributed by atoms with Crippen molar-refractivity contribution in [3.8, 4) is 0 Å². The summed E-state index contributed by atoms with van der Waals surface area (Å²) in [4.78, 5) is 10.8. The topological polar surface area (TPSA) is 92.5 Å². The fourth-order valence-electron chi connectivity index (χ4n) is 3.12. The Morgan fingerprint density at radius 2 is 0.960 bits per heavy atom. The Bertz CT molecular complexity index is 293. The van der Waals surface area contributed by atoms with Gasteiger partial charge in [0.15, 0.2) is 5.60 Å². The summed E-state index contributed by atoms with van der Waals surface area (Å²) in [5.41, 5.74) is -1.55. The van der Waals surface area contributed by atoms with Gasteiger partial charge in [0, 0.05) is 0 Å². The summed E-state index contributed by atoms with van der Waals surface area (Å²) in [6, 6.07) is 0. The third-order valence-electron chi connectivity index (χ3n) is 4.98. The van der Waals surface area contributed by atoms with E-state index in [1.807, 2.05) is 0 Å². The first kappa shape index (κ1) is 26.6. The van der Waals surface area contributed by atoms with Crippen molar-refractivity contribution in [2.45, 2.75) is 129 Å². The molecule has 0 aliphatic carbocycles. The van der Waals surface area contributed by atoms with E-state index in [9.17, 15) is 9.90 Å². The minimum Gasteiger partial charge on any atom is -0.479 e. The summed E-state index contributed by atoms with van der Waals surface area (Å²) in [7, 11) is 0. The van der Waals surface area contributed by atoms with Crippen LogP contribution in [0.25, 0.3) is 0 Å². The Morgan fingerprint density at radius 3 is 1.24 bits per heavy atom. The highest BCUT2D eigenvalue weighted by Gasteiger charge is 2.28. The van der Waals surface area contributed by atoms with E-state index in [0.29, 0.717) is 6.42 Å². The zero-order valence-electron chi connectivity index (χ0n) is 17.0. The maximum absolute atomic E-state index is 10.8. The molecule has 0 spiro atoms. The van der Waals surface area contributed by atoms with E-state index in [1.165, 1.54) is 90.4 Å². The lowest BCUT2D eigenvalue weighted by Gasteiger charge is -2.17. The Balaban J connectivity index is 0. The number of hydrogen-bond acceptors (Lipinski definition) is 3. The summed E-state index contributed by atoms with van der Waals surface area (Å²) in [5.74, 6) is -1.11. The van der Waals surface area contributed by atoms with Gasteiger partial charge < -0.3 is 16.4 Å². The molecule has 0 heterocycles. The van der Waals surface area contributed by atoms with Crippen LogP contribution in [0, 0.1) is 0 Å². The average molecular weight is 360 g/mol. The summed E-state index contributed by atoms with van der Waals surface area (Å²) >= 11 is 0. The van der Waals surface area contributed by atoms with E-state index < -0.39 is 11.6 Å². The van der Waals surface area contributed by atoms with Gasteiger partial charge in [0.25, 0.3) is 0 Å². The zero-order chi connectivity index (χ0) is 18.1. The van der Waals surface area contributed by atoms with Crippen LogP contribution in [0.5, 0.6) is 0 Å². The van der Waals surface area contributed by atoms with Crippen LogP contribution < -0.4 is 6.15 Å². The van der Waals surface area contributed by atoms with Crippen LogP contribution in [0.2, 0.25) is 0 Å². The molecule has 1 atom stereocenters. The zero-order valence-corrected chi connectivity index (χ0v) is 17.0. The normalized spacial score (nSPS) is 13.2. The molecule has 0 aromatic rings. The molecule has 25 heavy (non-hydrogen) atoms. The first-order valence-electron chi connectivity index (χ1n) is 10.5. The van der Waals surface area contributed by atoms with Gasteiger partial charge in [-0.25, -0.2) is 4.79 Å². The number of unbranched alkanes of at least 4 members (excludes halogenated alkanes) is 15. The summed E-state index contributed by atoms with van der Waals surface area (Å²) < 4.78 is 0. The highest BCUT2D eigenvalue weighted by atomic mass is 16.4. The van der Waals surface area contributed by atoms with Gasteiger partial charge in [-0.2, -0.15) is 0 Å². The van der Waals surface area contributed by atoms with Gasteiger partial charge in [-0.05, 0) is 19.8 Å². The van der Waals surface area contributed by atoms with Crippen LogP contribution >= 0.6 is 0 Å². The Kier molecular flexibility index (Phi) is 19.4. The Labute approximate surface area is 156 Å². The van der Waals surface area contributed by atoms with E-state index in [0.717, 1.165) is 19.3 Å². The van der Waals surface area contributed by atoms with Crippen LogP contribution in [0.15, 0.2) is 0 Å². The van der Waals surface area contributed by atoms with Crippen molar-refractivity contribution < 1.29 is 15.0 Å². The molecular formula is C21H45NO3. The number of carboxylic acid groups (broad SMARTS) is 1. The molecule has 0 aromatic carbocycles. The van der Waals surface area contributed by atoms with Gasteiger partial charge in [-0.1, -0.05) is 103 Å². The first-order chi connectivity index (χ1) is 11.5. The van der Waals surface area contributed by atoms with E-state index in [1.54, 1.807) is 0 Å². The van der Waals surface area contributed by atoms with Gasteiger partial charge in [0.05, 0.1) is 0 Å². The lowest BCUT2D eigenvalue weighted by atomic mass is 9.97. The molecule has 152 valence electrons. The van der Waals surface area contributed by atoms with Crippen LogP contribution in [-0.4, -0.2) is 21.8 Å². The van der Waals surface area contributed by atoms with Crippen molar-refractivity contribution in [2.24, 2.45) is 0 Å². The first-order valence-corrected chi connectivity index (χ1v) is 10.5. The Morgan fingerprint density at radius 1 is 0.680 bits per heavy atom. The molecule has 0 fully saturated rings.